The van der Waals surface area contributed by atoms with Gasteiger partial charge in [0.15, 0.2) is 0 Å². The van der Waals surface area contributed by atoms with Crippen LogP contribution in [0.3, 0.4) is 0 Å². The van der Waals surface area contributed by atoms with Gasteiger partial charge in [0.05, 0.1) is 41.9 Å². The molecular formula is C2H3Cl3O4Si. The molecule has 0 fully saturated rings. The third kappa shape index (κ3) is 2.63. The van der Waals surface area contributed by atoms with E-state index in [1.165, 1.54) is 0 Å². The predicted octanol–water partition coefficient (Wildman–Crippen LogP) is 2.09. The van der Waals surface area contributed by atoms with Crippen LogP contribution in [0.2, 0.25) is 0 Å². The molecule has 0 saturated carbocycles. The van der Waals surface area contributed by atoms with Gasteiger partial charge < -0.3 is 4.43 Å². The molecule has 0 aromatic heterocycles. The minimum atomic E-state index is -3.54. The molecule has 0 aromatic carbocycles. The van der Waals surface area contributed by atoms with E-state index in [9.17, 15) is 0 Å². The molecule has 0 heterocycles. The summed E-state index contributed by atoms with van der Waals surface area (Å²) in [7, 11) is -3.54. The molecular weight excluding hydrogens is 222 g/mol. The lowest BCUT2D eigenvalue weighted by Crippen LogP contribution is -2.40. The maximum absolute atomic E-state index is 4.87. The van der Waals surface area contributed by atoms with Crippen molar-refractivity contribution in [2.24, 2.45) is 0 Å². The van der Waals surface area contributed by atoms with E-state index in [1.54, 1.807) is 0 Å². The Kier molecular flexibility index (Phi) is 5.46. The maximum Gasteiger partial charge on any atom is 0.800 e. The molecule has 0 aliphatic rings. The summed E-state index contributed by atoms with van der Waals surface area (Å²) in [5.41, 5.74) is 0. The van der Waals surface area contributed by atoms with Crippen LogP contribution < -0.4 is 0 Å². The minimum Gasteiger partial charge on any atom is -0.485 e. The molecule has 10 heavy (non-hydrogen) atoms. The molecule has 0 rings (SSSR count). The van der Waals surface area contributed by atoms with Gasteiger partial charge in [0, 0.05) is 0 Å². The highest BCUT2D eigenvalue weighted by Gasteiger charge is 2.50. The summed E-state index contributed by atoms with van der Waals surface area (Å²) in [6.07, 6.45) is 0.985. The van der Waals surface area contributed by atoms with Gasteiger partial charge in [-0.2, -0.15) is 0 Å². The quantitative estimate of drug-likeness (QED) is 0.530. The molecule has 0 bridgehead atoms. The zero-order valence-corrected chi connectivity index (χ0v) is 7.82. The van der Waals surface area contributed by atoms with E-state index in [1.807, 2.05) is 0 Å². The van der Waals surface area contributed by atoms with Crippen LogP contribution in [0.25, 0.3) is 0 Å². The minimum absolute atomic E-state index is 0.985. The smallest absolute Gasteiger partial charge is 0.485 e. The van der Waals surface area contributed by atoms with Gasteiger partial charge in [-0.25, -0.2) is 11.9 Å². The van der Waals surface area contributed by atoms with E-state index in [0.717, 1.165) is 6.26 Å². The van der Waals surface area contributed by atoms with Crippen molar-refractivity contribution in [3.8, 4) is 0 Å². The Labute approximate surface area is 74.2 Å². The Balaban J connectivity index is 4.00. The number of rotatable bonds is 5. The van der Waals surface area contributed by atoms with Crippen LogP contribution in [0.5, 0.6) is 0 Å². The molecule has 0 aromatic rings. The van der Waals surface area contributed by atoms with Crippen LogP contribution in [0.15, 0.2) is 12.8 Å². The Hall–Kier alpha value is 0.507. The molecule has 0 N–H and O–H groups in total. The zero-order chi connectivity index (χ0) is 8.04. The first-order valence-electron chi connectivity index (χ1n) is 1.92. The van der Waals surface area contributed by atoms with Crippen LogP contribution in [-0.2, 0) is 16.4 Å². The molecule has 0 atom stereocenters. The number of halogens is 3. The second kappa shape index (κ2) is 5.20. The van der Waals surface area contributed by atoms with Crippen molar-refractivity contribution in [3.63, 3.8) is 0 Å². The highest BCUT2D eigenvalue weighted by molar-refractivity contribution is 6.65. The van der Waals surface area contributed by atoms with E-state index < -0.39 is 9.05 Å². The van der Waals surface area contributed by atoms with Crippen molar-refractivity contribution in [1.29, 1.82) is 0 Å². The Morgan fingerprint density at radius 1 is 1.10 bits per heavy atom. The van der Waals surface area contributed by atoms with Crippen molar-refractivity contribution < 1.29 is 16.4 Å². The summed E-state index contributed by atoms with van der Waals surface area (Å²) < 4.78 is 16.8. The van der Waals surface area contributed by atoms with E-state index in [4.69, 9.17) is 35.6 Å². The second-order valence-corrected chi connectivity index (χ2v) is 4.10. The average molecular weight is 225 g/mol. The summed E-state index contributed by atoms with van der Waals surface area (Å²) in [5.74, 6) is 0. The highest BCUT2D eigenvalue weighted by Crippen LogP contribution is 2.17. The lowest BCUT2D eigenvalue weighted by atomic mass is 11.2. The van der Waals surface area contributed by atoms with E-state index in [2.05, 4.69) is 22.9 Å². The van der Waals surface area contributed by atoms with Gasteiger partial charge in [-0.1, -0.05) is 6.58 Å². The maximum atomic E-state index is 4.87. The van der Waals surface area contributed by atoms with Gasteiger partial charge in [-0.15, -0.1) is 0 Å². The van der Waals surface area contributed by atoms with Crippen LogP contribution in [0.1, 0.15) is 0 Å². The summed E-state index contributed by atoms with van der Waals surface area (Å²) in [5, 5.41) is 0. The van der Waals surface area contributed by atoms with E-state index in [0.29, 0.717) is 0 Å². The summed E-state index contributed by atoms with van der Waals surface area (Å²) in [4.78, 5) is 0. The molecule has 60 valence electrons. The molecule has 0 radical (unpaired) electrons. The molecule has 0 aliphatic carbocycles. The standard InChI is InChI=1S/C2H3Cl3O4Si/c1-2-6-10(7-3,8-4)9-5/h2H,1H2. The van der Waals surface area contributed by atoms with E-state index >= 15 is 0 Å². The molecule has 0 saturated heterocycles. The Morgan fingerprint density at radius 3 is 1.60 bits per heavy atom. The topological polar surface area (TPSA) is 36.9 Å². The molecule has 0 amide bonds. The van der Waals surface area contributed by atoms with Gasteiger partial charge in [-0.3, -0.25) is 0 Å². The first-order chi connectivity index (χ1) is 4.74. The predicted molar refractivity (Wildman–Crippen MR) is 37.9 cm³/mol. The van der Waals surface area contributed by atoms with Gasteiger partial charge in [0.25, 0.3) is 0 Å². The van der Waals surface area contributed by atoms with Crippen LogP contribution in [-0.4, -0.2) is 9.05 Å². The lowest BCUT2D eigenvalue weighted by molar-refractivity contribution is 0.158. The largest absolute Gasteiger partial charge is 0.800 e. The van der Waals surface area contributed by atoms with Gasteiger partial charge in [-0.05, 0) is 0 Å². The van der Waals surface area contributed by atoms with Crippen LogP contribution in [0.4, 0.5) is 0 Å². The number of hydrogen-bond acceptors (Lipinski definition) is 4. The van der Waals surface area contributed by atoms with Crippen molar-refractivity contribution in [3.05, 3.63) is 12.8 Å². The fourth-order valence-electron chi connectivity index (χ4n) is 0.192. The Bertz CT molecular complexity index is 98.4. The molecule has 0 unspecified atom stereocenters. The lowest BCUT2D eigenvalue weighted by Gasteiger charge is -2.14. The summed E-state index contributed by atoms with van der Waals surface area (Å²) in [6.45, 7) is 3.19. The van der Waals surface area contributed by atoms with Crippen molar-refractivity contribution in [2.45, 2.75) is 0 Å². The SMILES string of the molecule is C=CO[Si](OCl)(OCl)OCl. The fourth-order valence-corrected chi connectivity index (χ4v) is 1.76. The third-order valence-corrected chi connectivity index (χ3v) is 3.23. The fraction of sp³-hybridized carbons (Fsp3) is 0. The second-order valence-electron chi connectivity index (χ2n) is 1.02. The average Bonchev–Trinajstić information content (AvgIpc) is 2.01. The van der Waals surface area contributed by atoms with Gasteiger partial charge in [0.2, 0.25) is 0 Å². The Morgan fingerprint density at radius 2 is 1.50 bits per heavy atom. The molecule has 0 aliphatic heterocycles. The van der Waals surface area contributed by atoms with E-state index in [-0.39, 0.29) is 0 Å². The monoisotopic (exact) mass is 224 g/mol. The van der Waals surface area contributed by atoms with Crippen molar-refractivity contribution in [2.75, 3.05) is 0 Å². The van der Waals surface area contributed by atoms with Gasteiger partial charge in [0.1, 0.15) is 0 Å². The van der Waals surface area contributed by atoms with Gasteiger partial charge >= 0.3 is 9.05 Å². The summed E-state index contributed by atoms with van der Waals surface area (Å²) in [6, 6.07) is 0. The molecule has 0 spiro atoms. The van der Waals surface area contributed by atoms with Crippen LogP contribution in [0, 0.1) is 0 Å². The van der Waals surface area contributed by atoms with Crippen molar-refractivity contribution in [1.82, 2.24) is 0 Å². The normalized spacial score (nSPS) is 11.1. The molecule has 8 heteroatoms. The first-order valence-corrected chi connectivity index (χ1v) is 4.48. The first kappa shape index (κ1) is 10.5. The third-order valence-electron chi connectivity index (χ3n) is 0.511. The highest BCUT2D eigenvalue weighted by atomic mass is 35.5. The molecule has 4 nitrogen and oxygen atoms in total. The zero-order valence-electron chi connectivity index (χ0n) is 4.55. The van der Waals surface area contributed by atoms with Crippen molar-refractivity contribution >= 4 is 44.6 Å². The number of hydrogen-bond donors (Lipinski definition) is 0. The summed E-state index contributed by atoms with van der Waals surface area (Å²) >= 11 is 14.6. The van der Waals surface area contributed by atoms with Crippen LogP contribution >= 0.6 is 35.6 Å².